The normalized spacial score (nSPS) is 10.6. The average molecular weight is 340 g/mol. The molecule has 1 aromatic carbocycles. The van der Waals surface area contributed by atoms with Gasteiger partial charge in [0.2, 0.25) is 0 Å². The third kappa shape index (κ3) is 5.27. The van der Waals surface area contributed by atoms with E-state index < -0.39 is 18.5 Å². The van der Waals surface area contributed by atoms with E-state index in [4.69, 9.17) is 32.4 Å². The average Bonchev–Trinajstić information content (AvgIpc) is 2.95. The molecule has 0 bridgehead atoms. The molecule has 0 fully saturated rings. The number of anilines is 1. The van der Waals surface area contributed by atoms with Gasteiger partial charge in [-0.3, -0.25) is 4.79 Å². The predicted octanol–water partition coefficient (Wildman–Crippen LogP) is 3.78. The summed E-state index contributed by atoms with van der Waals surface area (Å²) in [4.78, 5) is 23.1. The summed E-state index contributed by atoms with van der Waals surface area (Å²) in [6, 6.07) is 7.97. The molecule has 114 valence electrons. The number of furan rings is 1. The van der Waals surface area contributed by atoms with Gasteiger partial charge in [-0.25, -0.2) is 4.79 Å². The van der Waals surface area contributed by atoms with Crippen molar-refractivity contribution in [3.05, 3.63) is 58.5 Å². The highest BCUT2D eigenvalue weighted by molar-refractivity contribution is 6.35. The molecule has 0 radical (unpaired) electrons. The fraction of sp³-hybridized carbons (Fsp3) is 0.0667. The lowest BCUT2D eigenvalue weighted by atomic mass is 10.3. The molecule has 1 heterocycles. The first-order valence-electron chi connectivity index (χ1n) is 6.17. The van der Waals surface area contributed by atoms with E-state index in [2.05, 4.69) is 5.32 Å². The first-order chi connectivity index (χ1) is 10.5. The SMILES string of the molecule is O=C(COC(=O)/C=C/c1ccco1)Nc1cc(Cl)cc(Cl)c1. The van der Waals surface area contributed by atoms with E-state index in [1.54, 1.807) is 12.1 Å². The van der Waals surface area contributed by atoms with Crippen molar-refractivity contribution in [2.75, 3.05) is 11.9 Å². The maximum Gasteiger partial charge on any atom is 0.331 e. The summed E-state index contributed by atoms with van der Waals surface area (Å²) in [7, 11) is 0. The molecule has 1 aromatic heterocycles. The maximum atomic E-state index is 11.7. The molecule has 0 saturated heterocycles. The Hall–Kier alpha value is -2.24. The Balaban J connectivity index is 1.81. The Morgan fingerprint density at radius 1 is 1.23 bits per heavy atom. The molecule has 0 aliphatic rings. The second-order valence-corrected chi connectivity index (χ2v) is 5.04. The zero-order chi connectivity index (χ0) is 15.9. The molecule has 0 saturated carbocycles. The lowest BCUT2D eigenvalue weighted by Gasteiger charge is -2.06. The number of amides is 1. The Morgan fingerprint density at radius 3 is 2.59 bits per heavy atom. The van der Waals surface area contributed by atoms with Gasteiger partial charge >= 0.3 is 5.97 Å². The molecule has 0 atom stereocenters. The summed E-state index contributed by atoms with van der Waals surface area (Å²) in [5, 5.41) is 3.30. The largest absolute Gasteiger partial charge is 0.465 e. The standard InChI is InChI=1S/C15H11Cl2NO4/c16-10-6-11(17)8-12(7-10)18-14(19)9-22-15(20)4-3-13-2-1-5-21-13/h1-8H,9H2,(H,18,19)/b4-3+. The minimum Gasteiger partial charge on any atom is -0.465 e. The van der Waals surface area contributed by atoms with Crippen molar-refractivity contribution in [2.24, 2.45) is 0 Å². The van der Waals surface area contributed by atoms with Crippen LogP contribution in [0.5, 0.6) is 0 Å². The van der Waals surface area contributed by atoms with Crippen LogP contribution in [0.4, 0.5) is 5.69 Å². The molecule has 7 heteroatoms. The Labute approximate surface area is 136 Å². The number of hydrogen-bond acceptors (Lipinski definition) is 4. The van der Waals surface area contributed by atoms with Gasteiger partial charge in [0.25, 0.3) is 5.91 Å². The summed E-state index contributed by atoms with van der Waals surface area (Å²) in [5.41, 5.74) is 0.421. The number of ether oxygens (including phenoxy) is 1. The second kappa shape index (κ2) is 7.68. The van der Waals surface area contributed by atoms with Crippen LogP contribution in [0.1, 0.15) is 5.76 Å². The molecule has 22 heavy (non-hydrogen) atoms. The number of carbonyl (C=O) groups is 2. The minimum atomic E-state index is -0.657. The van der Waals surface area contributed by atoms with Gasteiger partial charge in [0.1, 0.15) is 5.76 Å². The van der Waals surface area contributed by atoms with Crippen LogP contribution >= 0.6 is 23.2 Å². The molecule has 0 unspecified atom stereocenters. The number of hydrogen-bond donors (Lipinski definition) is 1. The molecule has 0 aliphatic heterocycles. The van der Waals surface area contributed by atoms with Crippen LogP contribution in [0.2, 0.25) is 10.0 Å². The van der Waals surface area contributed by atoms with Crippen LogP contribution in [-0.2, 0) is 14.3 Å². The Morgan fingerprint density at radius 2 is 1.95 bits per heavy atom. The van der Waals surface area contributed by atoms with Crippen LogP contribution < -0.4 is 5.32 Å². The van der Waals surface area contributed by atoms with Crippen molar-refractivity contribution in [3.8, 4) is 0 Å². The van der Waals surface area contributed by atoms with Crippen LogP contribution in [0.3, 0.4) is 0 Å². The van der Waals surface area contributed by atoms with Crippen molar-refractivity contribution in [3.63, 3.8) is 0 Å². The van der Waals surface area contributed by atoms with Crippen molar-refractivity contribution >= 4 is 46.8 Å². The molecule has 2 aromatic rings. The minimum absolute atomic E-state index is 0.390. The highest BCUT2D eigenvalue weighted by atomic mass is 35.5. The Bertz CT molecular complexity index is 675. The number of rotatable bonds is 5. The lowest BCUT2D eigenvalue weighted by molar-refractivity contribution is -0.142. The van der Waals surface area contributed by atoms with E-state index in [9.17, 15) is 9.59 Å². The number of nitrogens with one attached hydrogen (secondary N) is 1. The molecular formula is C15H11Cl2NO4. The lowest BCUT2D eigenvalue weighted by Crippen LogP contribution is -2.20. The van der Waals surface area contributed by atoms with E-state index in [1.807, 2.05) is 0 Å². The number of halogens is 2. The third-order valence-corrected chi connectivity index (χ3v) is 2.86. The van der Waals surface area contributed by atoms with Gasteiger partial charge in [0.15, 0.2) is 6.61 Å². The molecular weight excluding hydrogens is 329 g/mol. The Kier molecular flexibility index (Phi) is 5.63. The van der Waals surface area contributed by atoms with Crippen molar-refractivity contribution in [2.45, 2.75) is 0 Å². The second-order valence-electron chi connectivity index (χ2n) is 4.16. The van der Waals surface area contributed by atoms with Gasteiger partial charge in [-0.1, -0.05) is 23.2 Å². The summed E-state index contributed by atoms with van der Waals surface area (Å²) in [5.74, 6) is -0.649. The molecule has 2 rings (SSSR count). The fourth-order valence-corrected chi connectivity index (χ4v) is 2.07. The molecule has 0 spiro atoms. The van der Waals surface area contributed by atoms with Gasteiger partial charge in [0, 0.05) is 21.8 Å². The molecule has 0 aliphatic carbocycles. The first-order valence-corrected chi connectivity index (χ1v) is 6.93. The summed E-state index contributed by atoms with van der Waals surface area (Å²) in [6.07, 6.45) is 4.09. The molecule has 1 N–H and O–H groups in total. The quantitative estimate of drug-likeness (QED) is 0.664. The highest BCUT2D eigenvalue weighted by Gasteiger charge is 2.07. The van der Waals surface area contributed by atoms with E-state index in [-0.39, 0.29) is 0 Å². The van der Waals surface area contributed by atoms with E-state index in [0.717, 1.165) is 0 Å². The van der Waals surface area contributed by atoms with Gasteiger partial charge < -0.3 is 14.5 Å². The zero-order valence-corrected chi connectivity index (χ0v) is 12.7. The van der Waals surface area contributed by atoms with Gasteiger partial charge in [0.05, 0.1) is 6.26 Å². The molecule has 1 amide bonds. The highest BCUT2D eigenvalue weighted by Crippen LogP contribution is 2.22. The van der Waals surface area contributed by atoms with E-state index in [1.165, 1.54) is 36.6 Å². The molecule has 5 nitrogen and oxygen atoms in total. The number of esters is 1. The van der Waals surface area contributed by atoms with E-state index >= 15 is 0 Å². The van der Waals surface area contributed by atoms with Crippen molar-refractivity contribution in [1.82, 2.24) is 0 Å². The summed E-state index contributed by atoms with van der Waals surface area (Å²) < 4.78 is 9.80. The zero-order valence-electron chi connectivity index (χ0n) is 11.2. The summed E-state index contributed by atoms with van der Waals surface area (Å²) in [6.45, 7) is -0.425. The van der Waals surface area contributed by atoms with Crippen molar-refractivity contribution in [1.29, 1.82) is 0 Å². The van der Waals surface area contributed by atoms with Crippen LogP contribution in [0, 0.1) is 0 Å². The first kappa shape index (κ1) is 16.1. The maximum absolute atomic E-state index is 11.7. The van der Waals surface area contributed by atoms with Gasteiger partial charge in [-0.05, 0) is 36.4 Å². The number of carbonyl (C=O) groups excluding carboxylic acids is 2. The number of benzene rings is 1. The summed E-state index contributed by atoms with van der Waals surface area (Å²) >= 11 is 11.6. The fourth-order valence-electron chi connectivity index (χ4n) is 1.54. The van der Waals surface area contributed by atoms with Crippen LogP contribution in [0.15, 0.2) is 47.1 Å². The van der Waals surface area contributed by atoms with Gasteiger partial charge in [-0.15, -0.1) is 0 Å². The van der Waals surface area contributed by atoms with Crippen molar-refractivity contribution < 1.29 is 18.7 Å². The predicted molar refractivity (Wildman–Crippen MR) is 83.8 cm³/mol. The smallest absolute Gasteiger partial charge is 0.331 e. The van der Waals surface area contributed by atoms with Crippen LogP contribution in [-0.4, -0.2) is 18.5 Å². The third-order valence-electron chi connectivity index (χ3n) is 2.42. The van der Waals surface area contributed by atoms with Crippen LogP contribution in [0.25, 0.3) is 6.08 Å². The van der Waals surface area contributed by atoms with E-state index in [0.29, 0.717) is 21.5 Å². The monoisotopic (exact) mass is 339 g/mol. The topological polar surface area (TPSA) is 68.5 Å². The van der Waals surface area contributed by atoms with Gasteiger partial charge in [-0.2, -0.15) is 0 Å².